The summed E-state index contributed by atoms with van der Waals surface area (Å²) in [6.45, 7) is 0.698. The Morgan fingerprint density at radius 1 is 1.04 bits per heavy atom. The molecule has 2 fully saturated rings. The predicted molar refractivity (Wildman–Crippen MR) is 92.5 cm³/mol. The van der Waals surface area contributed by atoms with Crippen LogP contribution in [0.5, 0.6) is 5.75 Å². The molecule has 1 N–H and O–H groups in total. The van der Waals surface area contributed by atoms with E-state index in [2.05, 4.69) is 15.0 Å². The van der Waals surface area contributed by atoms with Gasteiger partial charge in [0.2, 0.25) is 5.95 Å². The zero-order valence-corrected chi connectivity index (χ0v) is 14.6. The lowest BCUT2D eigenvalue weighted by Gasteiger charge is -2.43. The number of amides is 1. The van der Waals surface area contributed by atoms with Gasteiger partial charge < -0.3 is 14.9 Å². The molecule has 2 aromatic rings. The molecule has 136 valence electrons. The molecule has 0 spiro atoms. The van der Waals surface area contributed by atoms with E-state index in [1.165, 1.54) is 23.2 Å². The maximum atomic E-state index is 12.9. The van der Waals surface area contributed by atoms with Gasteiger partial charge in [0.15, 0.2) is 15.5 Å². The molecule has 4 rings (SSSR count). The zero-order chi connectivity index (χ0) is 18.3. The van der Waals surface area contributed by atoms with Crippen LogP contribution in [0.15, 0.2) is 36.8 Å². The third-order valence-electron chi connectivity index (χ3n) is 4.73. The van der Waals surface area contributed by atoms with Gasteiger partial charge in [-0.2, -0.15) is 0 Å². The van der Waals surface area contributed by atoms with Crippen LogP contribution in [-0.4, -0.2) is 76.0 Å². The van der Waals surface area contributed by atoms with Gasteiger partial charge in [0, 0.05) is 31.7 Å². The first kappa shape index (κ1) is 16.7. The number of piperazine rings is 1. The highest BCUT2D eigenvalue weighted by molar-refractivity contribution is 7.91. The van der Waals surface area contributed by atoms with Gasteiger partial charge in [0.25, 0.3) is 5.91 Å². The van der Waals surface area contributed by atoms with Crippen LogP contribution in [0.1, 0.15) is 10.5 Å². The summed E-state index contributed by atoms with van der Waals surface area (Å²) in [4.78, 5) is 28.6. The van der Waals surface area contributed by atoms with Crippen LogP contribution in [0.25, 0.3) is 0 Å². The predicted octanol–water partition coefficient (Wildman–Crippen LogP) is -0.295. The van der Waals surface area contributed by atoms with E-state index in [9.17, 15) is 18.3 Å². The van der Waals surface area contributed by atoms with E-state index in [1.54, 1.807) is 18.5 Å². The molecule has 0 unspecified atom stereocenters. The Kier molecular flexibility index (Phi) is 3.98. The summed E-state index contributed by atoms with van der Waals surface area (Å²) in [5.41, 5.74) is -0.0695. The fourth-order valence-corrected chi connectivity index (χ4v) is 5.57. The summed E-state index contributed by atoms with van der Waals surface area (Å²) in [7, 11) is -3.30. The van der Waals surface area contributed by atoms with E-state index in [0.29, 0.717) is 19.0 Å². The topological polar surface area (TPSA) is 117 Å². The molecule has 0 aromatic carbocycles. The minimum absolute atomic E-state index is 0.0616. The summed E-state index contributed by atoms with van der Waals surface area (Å²) in [5.74, 6) is -0.422. The highest BCUT2D eigenvalue weighted by Gasteiger charge is 2.49. The molecule has 1 amide bonds. The molecule has 4 heterocycles. The maximum Gasteiger partial charge on any atom is 0.276 e. The fraction of sp³-hybridized carbons (Fsp3) is 0.375. The van der Waals surface area contributed by atoms with Crippen molar-refractivity contribution in [2.75, 3.05) is 29.5 Å². The third kappa shape index (κ3) is 2.85. The van der Waals surface area contributed by atoms with E-state index < -0.39 is 27.8 Å². The van der Waals surface area contributed by atoms with Crippen LogP contribution in [0, 0.1) is 0 Å². The Bertz CT molecular complexity index is 937. The smallest absolute Gasteiger partial charge is 0.276 e. The molecule has 2 aliphatic rings. The van der Waals surface area contributed by atoms with E-state index in [0.717, 1.165) is 0 Å². The van der Waals surface area contributed by atoms with Crippen molar-refractivity contribution >= 4 is 21.7 Å². The normalized spacial score (nSPS) is 24.3. The van der Waals surface area contributed by atoms with Gasteiger partial charge in [-0.05, 0) is 18.2 Å². The number of carbonyl (C=O) groups is 1. The number of anilines is 1. The molecule has 2 aromatic heterocycles. The largest absolute Gasteiger partial charge is 0.505 e. The second-order valence-corrected chi connectivity index (χ2v) is 8.48. The summed E-state index contributed by atoms with van der Waals surface area (Å²) < 4.78 is 24.5. The number of rotatable bonds is 2. The second kappa shape index (κ2) is 6.20. The van der Waals surface area contributed by atoms with Crippen molar-refractivity contribution in [3.63, 3.8) is 0 Å². The van der Waals surface area contributed by atoms with E-state index in [1.807, 2.05) is 4.90 Å². The highest BCUT2D eigenvalue weighted by atomic mass is 32.2. The van der Waals surface area contributed by atoms with Crippen LogP contribution in [0.2, 0.25) is 0 Å². The zero-order valence-electron chi connectivity index (χ0n) is 13.8. The van der Waals surface area contributed by atoms with Crippen molar-refractivity contribution < 1.29 is 18.3 Å². The van der Waals surface area contributed by atoms with Gasteiger partial charge in [-0.3, -0.25) is 4.79 Å². The molecule has 10 heteroatoms. The fourth-order valence-electron chi connectivity index (χ4n) is 3.59. The number of aromatic nitrogens is 3. The quantitative estimate of drug-likeness (QED) is 0.761. The minimum atomic E-state index is -3.30. The van der Waals surface area contributed by atoms with Crippen molar-refractivity contribution in [2.24, 2.45) is 0 Å². The van der Waals surface area contributed by atoms with Crippen LogP contribution in [-0.2, 0) is 9.84 Å². The molecule has 0 bridgehead atoms. The minimum Gasteiger partial charge on any atom is -0.505 e. The molecule has 0 saturated carbocycles. The number of sulfone groups is 1. The van der Waals surface area contributed by atoms with Gasteiger partial charge in [-0.15, -0.1) is 0 Å². The summed E-state index contributed by atoms with van der Waals surface area (Å²) >= 11 is 0. The average molecular weight is 375 g/mol. The lowest BCUT2D eigenvalue weighted by molar-refractivity contribution is 0.0638. The van der Waals surface area contributed by atoms with E-state index in [-0.39, 0.29) is 22.9 Å². The standard InChI is InChI=1S/C16H17N5O4S/c22-13-3-1-4-17-14(13)15(23)20-7-8-21(16-18-5-2-6-19-16)12-10-26(24,25)9-11(12)20/h1-6,11-12,22H,7-10H2/t11-,12+/m0/s1. The van der Waals surface area contributed by atoms with E-state index in [4.69, 9.17) is 0 Å². The lowest BCUT2D eigenvalue weighted by Crippen LogP contribution is -2.61. The summed E-state index contributed by atoms with van der Waals surface area (Å²) in [5, 5.41) is 9.93. The number of carbonyl (C=O) groups excluding carboxylic acids is 1. The second-order valence-electron chi connectivity index (χ2n) is 6.32. The molecular weight excluding hydrogens is 358 g/mol. The van der Waals surface area contributed by atoms with Crippen molar-refractivity contribution in [3.8, 4) is 5.75 Å². The molecule has 0 aliphatic carbocycles. The van der Waals surface area contributed by atoms with E-state index >= 15 is 0 Å². The number of hydrogen-bond acceptors (Lipinski definition) is 8. The first-order valence-corrected chi connectivity index (χ1v) is 9.97. The van der Waals surface area contributed by atoms with Crippen molar-refractivity contribution in [1.29, 1.82) is 0 Å². The maximum absolute atomic E-state index is 12.9. The Labute approximate surface area is 150 Å². The number of nitrogens with zero attached hydrogens (tertiary/aromatic N) is 5. The molecule has 26 heavy (non-hydrogen) atoms. The van der Waals surface area contributed by atoms with Gasteiger partial charge in [-0.1, -0.05) is 0 Å². The Morgan fingerprint density at radius 3 is 2.46 bits per heavy atom. The molecule has 0 radical (unpaired) electrons. The summed E-state index contributed by atoms with van der Waals surface area (Å²) in [6, 6.07) is 3.64. The van der Waals surface area contributed by atoms with Crippen LogP contribution >= 0.6 is 0 Å². The van der Waals surface area contributed by atoms with Gasteiger partial charge >= 0.3 is 0 Å². The van der Waals surface area contributed by atoms with Crippen LogP contribution < -0.4 is 4.90 Å². The molecule has 2 atom stereocenters. The molecule has 2 aliphatic heterocycles. The monoisotopic (exact) mass is 375 g/mol. The summed E-state index contributed by atoms with van der Waals surface area (Å²) in [6.07, 6.45) is 4.62. The van der Waals surface area contributed by atoms with Crippen LogP contribution in [0.3, 0.4) is 0 Å². The first-order valence-electron chi connectivity index (χ1n) is 8.15. The highest BCUT2D eigenvalue weighted by Crippen LogP contribution is 2.30. The lowest BCUT2D eigenvalue weighted by atomic mass is 10.0. The van der Waals surface area contributed by atoms with Crippen molar-refractivity contribution in [3.05, 3.63) is 42.5 Å². The third-order valence-corrected chi connectivity index (χ3v) is 6.43. The Morgan fingerprint density at radius 2 is 1.73 bits per heavy atom. The molecular formula is C16H17N5O4S. The molecule has 2 saturated heterocycles. The number of fused-ring (bicyclic) bond motifs is 1. The SMILES string of the molecule is O=C(c1ncccc1O)N1CCN(c2ncccn2)[C@@H]2CS(=O)(=O)C[C@@H]21. The van der Waals surface area contributed by atoms with Crippen molar-refractivity contribution in [2.45, 2.75) is 12.1 Å². The van der Waals surface area contributed by atoms with Gasteiger partial charge in [0.1, 0.15) is 5.75 Å². The molecule has 9 nitrogen and oxygen atoms in total. The van der Waals surface area contributed by atoms with Crippen LogP contribution in [0.4, 0.5) is 5.95 Å². The Hall–Kier alpha value is -2.75. The van der Waals surface area contributed by atoms with Gasteiger partial charge in [-0.25, -0.2) is 23.4 Å². The first-order chi connectivity index (χ1) is 12.5. The Balaban J connectivity index is 1.68. The number of aromatic hydroxyl groups is 1. The number of hydrogen-bond donors (Lipinski definition) is 1. The number of pyridine rings is 1. The van der Waals surface area contributed by atoms with Gasteiger partial charge in [0.05, 0.1) is 23.6 Å². The average Bonchev–Trinajstić information content (AvgIpc) is 2.96. The van der Waals surface area contributed by atoms with Crippen molar-refractivity contribution in [1.82, 2.24) is 19.9 Å².